The number of methoxy groups -OCH3 is 2. The van der Waals surface area contributed by atoms with Crippen LogP contribution in [0.1, 0.15) is 27.0 Å². The van der Waals surface area contributed by atoms with Gasteiger partial charge in [0, 0.05) is 5.69 Å². The van der Waals surface area contributed by atoms with Crippen LogP contribution in [0.25, 0.3) is 6.08 Å². The van der Waals surface area contributed by atoms with Gasteiger partial charge in [0.05, 0.1) is 29.0 Å². The molecule has 0 radical (unpaired) electrons. The number of imide groups is 2. The van der Waals surface area contributed by atoms with Crippen molar-refractivity contribution in [1.29, 1.82) is 0 Å². The van der Waals surface area contributed by atoms with Gasteiger partial charge in [-0.05, 0) is 102 Å². The molecule has 1 heterocycles. The maximum absolute atomic E-state index is 13.3. The third kappa shape index (κ3) is 6.60. The number of nitrogens with zero attached hydrogens (tertiary/aromatic N) is 1. The second-order valence-electron chi connectivity index (χ2n) is 9.19. The molecule has 42 heavy (non-hydrogen) atoms. The molecule has 0 aromatic heterocycles. The van der Waals surface area contributed by atoms with Crippen LogP contribution in [-0.2, 0) is 19.1 Å². The van der Waals surface area contributed by atoms with Gasteiger partial charge in [-0.2, -0.15) is 0 Å². The summed E-state index contributed by atoms with van der Waals surface area (Å²) in [5.41, 5.74) is 3.10. The third-order valence-corrected chi connectivity index (χ3v) is 7.03. The molecule has 0 atom stereocenters. The second-order valence-corrected chi connectivity index (χ2v) is 10.3. The highest BCUT2D eigenvalue weighted by Gasteiger charge is 2.37. The van der Waals surface area contributed by atoms with Gasteiger partial charge in [0.1, 0.15) is 5.57 Å². The summed E-state index contributed by atoms with van der Waals surface area (Å²) in [6.45, 7) is 3.54. The molecule has 0 aliphatic carbocycles. The zero-order valence-electron chi connectivity index (χ0n) is 23.1. The first kappa shape index (κ1) is 30.2. The predicted molar refractivity (Wildman–Crippen MR) is 163 cm³/mol. The Kier molecular flexibility index (Phi) is 9.25. The average molecular weight is 683 g/mol. The van der Waals surface area contributed by atoms with Crippen molar-refractivity contribution in [3.63, 3.8) is 0 Å². The molecule has 0 spiro atoms. The summed E-state index contributed by atoms with van der Waals surface area (Å²) in [4.78, 5) is 63.6. The van der Waals surface area contributed by atoms with Gasteiger partial charge in [0.2, 0.25) is 0 Å². The van der Waals surface area contributed by atoms with Crippen molar-refractivity contribution < 1.29 is 38.2 Å². The summed E-state index contributed by atoms with van der Waals surface area (Å²) in [5, 5.41) is 4.99. The normalized spacial score (nSPS) is 14.0. The maximum Gasteiger partial charge on any atom is 0.337 e. The van der Waals surface area contributed by atoms with Crippen molar-refractivity contribution >= 4 is 69.8 Å². The monoisotopic (exact) mass is 683 g/mol. The van der Waals surface area contributed by atoms with E-state index in [-0.39, 0.29) is 35.1 Å². The molecule has 0 bridgehead atoms. The molecule has 1 aliphatic heterocycles. The predicted octanol–water partition coefficient (Wildman–Crippen LogP) is 4.39. The van der Waals surface area contributed by atoms with Gasteiger partial charge in [-0.1, -0.05) is 12.1 Å². The highest BCUT2D eigenvalue weighted by Crippen LogP contribution is 2.35. The molecule has 1 aliphatic rings. The van der Waals surface area contributed by atoms with Crippen LogP contribution in [0.2, 0.25) is 0 Å². The topological polar surface area (TPSA) is 140 Å². The summed E-state index contributed by atoms with van der Waals surface area (Å²) in [6.07, 6.45) is 1.32. The molecule has 12 heteroatoms. The van der Waals surface area contributed by atoms with Crippen LogP contribution in [0, 0.1) is 17.4 Å². The molecular weight excluding hydrogens is 657 g/mol. The minimum atomic E-state index is -0.928. The summed E-state index contributed by atoms with van der Waals surface area (Å²) >= 11 is 1.99. The molecular formula is C30H26IN3O8. The lowest BCUT2D eigenvalue weighted by atomic mass is 10.1. The summed E-state index contributed by atoms with van der Waals surface area (Å²) < 4.78 is 16.5. The number of anilines is 2. The molecule has 1 fully saturated rings. The van der Waals surface area contributed by atoms with Crippen LogP contribution in [0.5, 0.6) is 11.5 Å². The zero-order chi connectivity index (χ0) is 30.6. The second kappa shape index (κ2) is 12.9. The van der Waals surface area contributed by atoms with Crippen molar-refractivity contribution in [3.8, 4) is 11.5 Å². The number of benzene rings is 3. The first-order chi connectivity index (χ1) is 20.0. The molecule has 5 amide bonds. The van der Waals surface area contributed by atoms with E-state index in [4.69, 9.17) is 9.47 Å². The molecule has 11 nitrogen and oxygen atoms in total. The minimum Gasteiger partial charge on any atom is -0.493 e. The number of amides is 5. The van der Waals surface area contributed by atoms with E-state index in [0.717, 1.165) is 16.0 Å². The fourth-order valence-corrected chi connectivity index (χ4v) is 4.86. The van der Waals surface area contributed by atoms with E-state index in [1.165, 1.54) is 44.6 Å². The fourth-order valence-electron chi connectivity index (χ4n) is 4.08. The number of aryl methyl sites for hydroxylation is 2. The van der Waals surface area contributed by atoms with Crippen molar-refractivity contribution in [2.75, 3.05) is 31.0 Å². The smallest absolute Gasteiger partial charge is 0.337 e. The van der Waals surface area contributed by atoms with E-state index in [1.54, 1.807) is 12.1 Å². The number of hydrogen-bond acceptors (Lipinski definition) is 8. The lowest BCUT2D eigenvalue weighted by Gasteiger charge is -2.26. The number of esters is 1. The first-order valence-corrected chi connectivity index (χ1v) is 13.6. The maximum atomic E-state index is 13.3. The molecule has 2 N–H and O–H groups in total. The van der Waals surface area contributed by atoms with Gasteiger partial charge in [-0.3, -0.25) is 19.7 Å². The molecule has 0 unspecified atom stereocenters. The Labute approximate surface area is 254 Å². The Morgan fingerprint density at radius 2 is 1.71 bits per heavy atom. The van der Waals surface area contributed by atoms with E-state index in [9.17, 15) is 24.0 Å². The van der Waals surface area contributed by atoms with E-state index in [2.05, 4.69) is 15.4 Å². The van der Waals surface area contributed by atoms with E-state index in [0.29, 0.717) is 20.6 Å². The van der Waals surface area contributed by atoms with Gasteiger partial charge in [0.15, 0.2) is 18.1 Å². The van der Waals surface area contributed by atoms with Gasteiger partial charge in [-0.25, -0.2) is 14.5 Å². The summed E-state index contributed by atoms with van der Waals surface area (Å²) in [5.74, 6) is -2.09. The number of ether oxygens (including phenoxy) is 3. The van der Waals surface area contributed by atoms with Crippen LogP contribution in [0.4, 0.5) is 16.2 Å². The molecule has 3 aromatic carbocycles. The summed E-state index contributed by atoms with van der Waals surface area (Å²) in [6, 6.07) is 13.6. The van der Waals surface area contributed by atoms with Crippen LogP contribution in [-0.4, -0.2) is 50.5 Å². The Morgan fingerprint density at radius 3 is 2.38 bits per heavy atom. The quantitative estimate of drug-likeness (QED) is 0.154. The molecule has 0 saturated carbocycles. The molecule has 4 rings (SSSR count). The van der Waals surface area contributed by atoms with Gasteiger partial charge < -0.3 is 19.5 Å². The minimum absolute atomic E-state index is 0.151. The van der Waals surface area contributed by atoms with Gasteiger partial charge in [-0.15, -0.1) is 0 Å². The van der Waals surface area contributed by atoms with E-state index >= 15 is 0 Å². The number of carbonyl (C=O) groups is 5. The van der Waals surface area contributed by atoms with Crippen LogP contribution in [0.3, 0.4) is 0 Å². The van der Waals surface area contributed by atoms with Crippen molar-refractivity contribution in [3.05, 3.63) is 86.0 Å². The summed E-state index contributed by atoms with van der Waals surface area (Å²) in [7, 11) is 2.65. The first-order valence-electron chi connectivity index (χ1n) is 12.5. The highest BCUT2D eigenvalue weighted by atomic mass is 127. The van der Waals surface area contributed by atoms with Crippen molar-refractivity contribution in [2.45, 2.75) is 13.8 Å². The standard InChI is InChI=1S/C30H26IN3O8/c1-16-5-6-17(2)23(11-16)32-25(35)15-42-26-22(31)13-18(14-24(26)40-3)12-21-27(36)33-30(39)34(28(21)37)20-9-7-19(8-10-20)29(38)41-4/h5-14H,15H2,1-4H3,(H,32,35)(H,33,36,39)/b21-12-. The van der Waals surface area contributed by atoms with Crippen LogP contribution >= 0.6 is 22.6 Å². The third-order valence-electron chi connectivity index (χ3n) is 6.23. The molecule has 1 saturated heterocycles. The van der Waals surface area contributed by atoms with Crippen LogP contribution < -0.4 is 25.0 Å². The largest absolute Gasteiger partial charge is 0.493 e. The lowest BCUT2D eigenvalue weighted by Crippen LogP contribution is -2.54. The van der Waals surface area contributed by atoms with E-state index in [1.807, 2.05) is 54.6 Å². The van der Waals surface area contributed by atoms with Gasteiger partial charge in [0.25, 0.3) is 17.7 Å². The van der Waals surface area contributed by atoms with Crippen LogP contribution in [0.15, 0.2) is 60.2 Å². The number of rotatable bonds is 8. The zero-order valence-corrected chi connectivity index (χ0v) is 25.2. The highest BCUT2D eigenvalue weighted by molar-refractivity contribution is 14.1. The number of urea groups is 1. The number of halogens is 1. The van der Waals surface area contributed by atoms with Crippen molar-refractivity contribution in [1.82, 2.24) is 5.32 Å². The number of nitrogens with one attached hydrogen (secondary N) is 2. The SMILES string of the molecule is COC(=O)c1ccc(N2C(=O)NC(=O)/C(=C/c3cc(I)c(OCC(=O)Nc4cc(C)ccc4C)c(OC)c3)C2=O)cc1. The Morgan fingerprint density at radius 1 is 1.00 bits per heavy atom. The lowest BCUT2D eigenvalue weighted by molar-refractivity contribution is -0.122. The average Bonchev–Trinajstić information content (AvgIpc) is 2.96. The van der Waals surface area contributed by atoms with Gasteiger partial charge >= 0.3 is 12.0 Å². The molecule has 3 aromatic rings. The number of barbiturate groups is 1. The van der Waals surface area contributed by atoms with Crippen molar-refractivity contribution in [2.24, 2.45) is 0 Å². The fraction of sp³-hybridized carbons (Fsp3) is 0.167. The Balaban J connectivity index is 1.55. The van der Waals surface area contributed by atoms with E-state index < -0.39 is 23.8 Å². The molecule has 216 valence electrons. The number of carbonyl (C=O) groups excluding carboxylic acids is 5. The number of hydrogen-bond donors (Lipinski definition) is 2. The Bertz CT molecular complexity index is 1630. The Hall–Kier alpha value is -4.72.